The van der Waals surface area contributed by atoms with Gasteiger partial charge in [-0.05, 0) is 37.1 Å². The van der Waals surface area contributed by atoms with Crippen LogP contribution in [0.1, 0.15) is 36.5 Å². The number of nitrogens with two attached hydrogens (primary N) is 1. The number of urea groups is 1. The summed E-state index contributed by atoms with van der Waals surface area (Å²) >= 11 is 0. The molecule has 1 saturated heterocycles. The minimum absolute atomic E-state index is 0.0177. The van der Waals surface area contributed by atoms with Crippen molar-refractivity contribution >= 4 is 17.6 Å². The first-order valence-electron chi connectivity index (χ1n) is 8.67. The van der Waals surface area contributed by atoms with Crippen LogP contribution in [0.5, 0.6) is 0 Å². The molecule has 0 aliphatic carbocycles. The van der Waals surface area contributed by atoms with Gasteiger partial charge in [0.05, 0.1) is 0 Å². The summed E-state index contributed by atoms with van der Waals surface area (Å²) in [7, 11) is 2.07. The Hall–Kier alpha value is -2.24. The molecule has 0 atom stereocenters. The number of unbranched alkanes of at least 4 members (excludes halogenated alkanes) is 1. The second-order valence-electron chi connectivity index (χ2n) is 6.29. The van der Waals surface area contributed by atoms with E-state index in [4.69, 9.17) is 5.73 Å². The Morgan fingerprint density at radius 3 is 2.33 bits per heavy atom. The van der Waals surface area contributed by atoms with Gasteiger partial charge in [0.15, 0.2) is 0 Å². The van der Waals surface area contributed by atoms with Gasteiger partial charge < -0.3 is 20.4 Å². The molecule has 0 unspecified atom stereocenters. The van der Waals surface area contributed by atoms with Gasteiger partial charge in [-0.15, -0.1) is 0 Å². The molecule has 0 radical (unpaired) electrons. The standard InChI is InChI=1S/C18H28N4O2/c1-3-4-10-20(2)16-8-6-15(7-9-16)17(23)21-11-5-12-22(14-13-21)18(19)24/h6-9H,3-5,10-14H2,1-2H3,(H2,19,24). The average molecular weight is 332 g/mol. The maximum absolute atomic E-state index is 12.7. The van der Waals surface area contributed by atoms with Gasteiger partial charge >= 0.3 is 6.03 Å². The van der Waals surface area contributed by atoms with Crippen molar-refractivity contribution in [3.8, 4) is 0 Å². The van der Waals surface area contributed by atoms with Crippen LogP contribution in [0.4, 0.5) is 10.5 Å². The molecule has 3 amide bonds. The highest BCUT2D eigenvalue weighted by molar-refractivity contribution is 5.94. The fourth-order valence-electron chi connectivity index (χ4n) is 2.91. The van der Waals surface area contributed by atoms with Gasteiger partial charge in [0, 0.05) is 51.0 Å². The number of benzene rings is 1. The highest BCUT2D eigenvalue weighted by Gasteiger charge is 2.21. The van der Waals surface area contributed by atoms with Crippen LogP contribution in [-0.2, 0) is 0 Å². The molecule has 0 spiro atoms. The summed E-state index contributed by atoms with van der Waals surface area (Å²) in [6.07, 6.45) is 3.08. The quantitative estimate of drug-likeness (QED) is 0.898. The molecule has 24 heavy (non-hydrogen) atoms. The topological polar surface area (TPSA) is 69.9 Å². The monoisotopic (exact) mass is 332 g/mol. The maximum atomic E-state index is 12.7. The van der Waals surface area contributed by atoms with Gasteiger partial charge in [-0.25, -0.2) is 4.79 Å². The highest BCUT2D eigenvalue weighted by atomic mass is 16.2. The number of hydrogen-bond acceptors (Lipinski definition) is 3. The SMILES string of the molecule is CCCCN(C)c1ccc(C(=O)N2CCCN(C(N)=O)CC2)cc1. The van der Waals surface area contributed by atoms with E-state index < -0.39 is 6.03 Å². The van der Waals surface area contributed by atoms with Crippen molar-refractivity contribution in [3.63, 3.8) is 0 Å². The molecule has 2 rings (SSSR count). The van der Waals surface area contributed by atoms with E-state index in [1.165, 1.54) is 0 Å². The van der Waals surface area contributed by atoms with Crippen LogP contribution in [0.2, 0.25) is 0 Å². The first-order valence-corrected chi connectivity index (χ1v) is 8.67. The molecule has 2 N–H and O–H groups in total. The number of primary amides is 1. The van der Waals surface area contributed by atoms with Gasteiger partial charge in [-0.2, -0.15) is 0 Å². The summed E-state index contributed by atoms with van der Waals surface area (Å²) in [6, 6.07) is 7.35. The van der Waals surface area contributed by atoms with Gasteiger partial charge in [-0.3, -0.25) is 4.79 Å². The molecule has 0 aromatic heterocycles. The molecule has 1 fully saturated rings. The number of amides is 3. The Kier molecular flexibility index (Phi) is 6.46. The molecular weight excluding hydrogens is 304 g/mol. The molecule has 6 nitrogen and oxygen atoms in total. The van der Waals surface area contributed by atoms with Crippen molar-refractivity contribution in [1.29, 1.82) is 0 Å². The van der Waals surface area contributed by atoms with E-state index in [9.17, 15) is 9.59 Å². The smallest absolute Gasteiger partial charge is 0.314 e. The predicted molar refractivity (Wildman–Crippen MR) is 96.3 cm³/mol. The lowest BCUT2D eigenvalue weighted by atomic mass is 10.1. The summed E-state index contributed by atoms with van der Waals surface area (Å²) in [5, 5.41) is 0. The van der Waals surface area contributed by atoms with Crippen LogP contribution < -0.4 is 10.6 Å². The normalized spacial score (nSPS) is 15.1. The molecule has 6 heteroatoms. The van der Waals surface area contributed by atoms with Crippen LogP contribution in [0.15, 0.2) is 24.3 Å². The van der Waals surface area contributed by atoms with Crippen LogP contribution in [0, 0.1) is 0 Å². The summed E-state index contributed by atoms with van der Waals surface area (Å²) in [5.41, 5.74) is 7.14. The molecule has 1 aliphatic rings. The highest BCUT2D eigenvalue weighted by Crippen LogP contribution is 2.16. The zero-order valence-corrected chi connectivity index (χ0v) is 14.7. The minimum atomic E-state index is -0.413. The largest absolute Gasteiger partial charge is 0.375 e. The van der Waals surface area contributed by atoms with Crippen molar-refractivity contribution in [3.05, 3.63) is 29.8 Å². The zero-order chi connectivity index (χ0) is 17.5. The van der Waals surface area contributed by atoms with Crippen molar-refractivity contribution in [1.82, 2.24) is 9.80 Å². The Labute approximate surface area is 144 Å². The third-order valence-corrected chi connectivity index (χ3v) is 4.50. The summed E-state index contributed by atoms with van der Waals surface area (Å²) < 4.78 is 0. The zero-order valence-electron chi connectivity index (χ0n) is 14.7. The Balaban J connectivity index is 1.98. The van der Waals surface area contributed by atoms with Crippen LogP contribution in [-0.4, -0.2) is 61.5 Å². The maximum Gasteiger partial charge on any atom is 0.314 e. The van der Waals surface area contributed by atoms with E-state index in [-0.39, 0.29) is 5.91 Å². The lowest BCUT2D eigenvalue weighted by Gasteiger charge is -2.22. The van der Waals surface area contributed by atoms with Crippen LogP contribution in [0.25, 0.3) is 0 Å². The van der Waals surface area contributed by atoms with E-state index >= 15 is 0 Å². The summed E-state index contributed by atoms with van der Waals surface area (Å²) in [4.78, 5) is 29.5. The number of carbonyl (C=O) groups is 2. The Morgan fingerprint density at radius 2 is 1.71 bits per heavy atom. The first-order chi connectivity index (χ1) is 11.5. The minimum Gasteiger partial charge on any atom is -0.375 e. The number of hydrogen-bond donors (Lipinski definition) is 1. The van der Waals surface area contributed by atoms with E-state index in [0.29, 0.717) is 31.7 Å². The summed E-state index contributed by atoms with van der Waals surface area (Å²) in [5.74, 6) is 0.0177. The van der Waals surface area contributed by atoms with Crippen molar-refractivity contribution in [2.45, 2.75) is 26.2 Å². The van der Waals surface area contributed by atoms with Gasteiger partial charge in [0.1, 0.15) is 0 Å². The fourth-order valence-corrected chi connectivity index (χ4v) is 2.91. The van der Waals surface area contributed by atoms with Crippen molar-refractivity contribution in [2.75, 3.05) is 44.7 Å². The molecule has 0 bridgehead atoms. The molecule has 0 saturated carbocycles. The van der Waals surface area contributed by atoms with Crippen LogP contribution in [0.3, 0.4) is 0 Å². The van der Waals surface area contributed by atoms with Gasteiger partial charge in [0.2, 0.25) is 0 Å². The second kappa shape index (κ2) is 8.57. The molecular formula is C18H28N4O2. The lowest BCUT2D eigenvalue weighted by Crippen LogP contribution is -2.39. The molecule has 1 heterocycles. The third kappa shape index (κ3) is 4.63. The number of nitrogens with zero attached hydrogens (tertiary/aromatic N) is 3. The van der Waals surface area contributed by atoms with E-state index in [1.807, 2.05) is 24.3 Å². The molecule has 1 aliphatic heterocycles. The molecule has 1 aromatic carbocycles. The van der Waals surface area contributed by atoms with Crippen molar-refractivity contribution in [2.24, 2.45) is 5.73 Å². The second-order valence-corrected chi connectivity index (χ2v) is 6.29. The van der Waals surface area contributed by atoms with Crippen molar-refractivity contribution < 1.29 is 9.59 Å². The fraction of sp³-hybridized carbons (Fsp3) is 0.556. The Morgan fingerprint density at radius 1 is 1.08 bits per heavy atom. The summed E-state index contributed by atoms with van der Waals surface area (Å²) in [6.45, 7) is 5.48. The van der Waals surface area contributed by atoms with Crippen LogP contribution >= 0.6 is 0 Å². The molecule has 132 valence electrons. The predicted octanol–water partition coefficient (Wildman–Crippen LogP) is 2.15. The Bertz CT molecular complexity index is 559. The number of anilines is 1. The van der Waals surface area contributed by atoms with Gasteiger partial charge in [-0.1, -0.05) is 13.3 Å². The van der Waals surface area contributed by atoms with E-state index in [0.717, 1.165) is 31.5 Å². The lowest BCUT2D eigenvalue weighted by molar-refractivity contribution is 0.0762. The molecule has 1 aromatic rings. The van der Waals surface area contributed by atoms with E-state index in [2.05, 4.69) is 18.9 Å². The van der Waals surface area contributed by atoms with E-state index in [1.54, 1.807) is 9.80 Å². The number of carbonyl (C=O) groups excluding carboxylic acids is 2. The third-order valence-electron chi connectivity index (χ3n) is 4.50. The number of rotatable bonds is 5. The van der Waals surface area contributed by atoms with Gasteiger partial charge in [0.25, 0.3) is 5.91 Å². The first kappa shape index (κ1) is 18.1. The average Bonchev–Trinajstić information content (AvgIpc) is 2.85.